The van der Waals surface area contributed by atoms with Crippen LogP contribution in [0, 0.1) is 5.82 Å². The summed E-state index contributed by atoms with van der Waals surface area (Å²) < 4.78 is 80.0. The Bertz CT molecular complexity index is 1520. The number of nitrogens with one attached hydrogen (secondary N) is 1. The summed E-state index contributed by atoms with van der Waals surface area (Å²) in [5, 5.41) is 0. The number of carbonyl (C=O) groups is 1. The molecule has 2 aliphatic rings. The van der Waals surface area contributed by atoms with Crippen molar-refractivity contribution in [3.8, 4) is 0 Å². The lowest BCUT2D eigenvalue weighted by Gasteiger charge is -2.41. The molecule has 1 aromatic heterocycles. The summed E-state index contributed by atoms with van der Waals surface area (Å²) in [6.45, 7) is 4.64. The lowest BCUT2D eigenvalue weighted by molar-refractivity contribution is -0.141. The first kappa shape index (κ1) is 28.7. The molecule has 1 N–H and O–H groups in total. The fourth-order valence-corrected chi connectivity index (χ4v) is 6.26. The van der Waals surface area contributed by atoms with Crippen LogP contribution in [0.4, 0.5) is 34.8 Å². The molecule has 0 aliphatic carbocycles. The number of alkyl halides is 3. The molecule has 8 nitrogen and oxygen atoms in total. The molecule has 0 spiro atoms. The van der Waals surface area contributed by atoms with Crippen molar-refractivity contribution in [2.75, 3.05) is 47.2 Å². The molecule has 1 fully saturated rings. The molecular formula is C28H29F4N5O3S. The van der Waals surface area contributed by atoms with Crippen molar-refractivity contribution in [3.63, 3.8) is 0 Å². The second-order valence-electron chi connectivity index (χ2n) is 10.1. The van der Waals surface area contributed by atoms with E-state index in [1.54, 1.807) is 18.2 Å². The van der Waals surface area contributed by atoms with Crippen LogP contribution in [-0.2, 0) is 27.4 Å². The number of hydrogen-bond acceptors (Lipinski definition) is 6. The van der Waals surface area contributed by atoms with Crippen LogP contribution in [0.5, 0.6) is 0 Å². The summed E-state index contributed by atoms with van der Waals surface area (Å²) in [7, 11) is -4.16. The Hall–Kier alpha value is -3.87. The number of nitrogens with zero attached hydrogens (tertiary/aromatic N) is 4. The van der Waals surface area contributed by atoms with Crippen molar-refractivity contribution in [3.05, 3.63) is 77.7 Å². The van der Waals surface area contributed by atoms with E-state index in [0.29, 0.717) is 26.2 Å². The number of benzene rings is 2. The van der Waals surface area contributed by atoms with Gasteiger partial charge in [0.1, 0.15) is 23.4 Å². The average molecular weight is 592 g/mol. The molecular weight excluding hydrogens is 562 g/mol. The van der Waals surface area contributed by atoms with E-state index < -0.39 is 33.8 Å². The van der Waals surface area contributed by atoms with Crippen LogP contribution in [0.25, 0.3) is 0 Å². The SMILES string of the molecule is C[C@H](C(=O)N1CCN(c2ccc(S(=O)(=O)Nc3cccc(C(F)(F)F)n3)cc2)CC1)N1CCCc2cc(F)ccc21. The van der Waals surface area contributed by atoms with E-state index in [4.69, 9.17) is 0 Å². The number of aryl methyl sites for hydroxylation is 1. The maximum atomic E-state index is 13.7. The van der Waals surface area contributed by atoms with Crippen LogP contribution < -0.4 is 14.5 Å². The molecule has 13 heteroatoms. The van der Waals surface area contributed by atoms with E-state index in [2.05, 4.69) is 9.71 Å². The first-order valence-electron chi connectivity index (χ1n) is 13.2. The van der Waals surface area contributed by atoms with Crippen molar-refractivity contribution in [2.24, 2.45) is 0 Å². The Balaban J connectivity index is 1.19. The first-order chi connectivity index (χ1) is 19.4. The molecule has 0 unspecified atom stereocenters. The zero-order chi connectivity index (χ0) is 29.4. The topological polar surface area (TPSA) is 85.8 Å². The van der Waals surface area contributed by atoms with Crippen molar-refractivity contribution >= 4 is 33.1 Å². The van der Waals surface area contributed by atoms with Crippen LogP contribution in [0.3, 0.4) is 0 Å². The Labute approximate surface area is 235 Å². The Morgan fingerprint density at radius 3 is 2.37 bits per heavy atom. The van der Waals surface area contributed by atoms with Crippen molar-refractivity contribution in [1.29, 1.82) is 0 Å². The predicted octanol–water partition coefficient (Wildman–Crippen LogP) is 4.53. The van der Waals surface area contributed by atoms with Gasteiger partial charge in [0.15, 0.2) is 0 Å². The van der Waals surface area contributed by atoms with Crippen molar-refractivity contribution in [1.82, 2.24) is 9.88 Å². The first-order valence-corrected chi connectivity index (χ1v) is 14.7. The van der Waals surface area contributed by atoms with Gasteiger partial charge in [0.05, 0.1) is 4.90 Å². The molecule has 3 heterocycles. The highest BCUT2D eigenvalue weighted by molar-refractivity contribution is 7.92. The van der Waals surface area contributed by atoms with Gasteiger partial charge in [-0.1, -0.05) is 6.07 Å². The molecule has 5 rings (SSSR count). The lowest BCUT2D eigenvalue weighted by atomic mass is 9.99. The molecule has 0 radical (unpaired) electrons. The number of halogens is 4. The van der Waals surface area contributed by atoms with Gasteiger partial charge in [0, 0.05) is 44.1 Å². The second kappa shape index (κ2) is 11.2. The minimum atomic E-state index is -4.70. The van der Waals surface area contributed by atoms with E-state index in [1.807, 2.05) is 21.6 Å². The Kier molecular flexibility index (Phi) is 7.82. The standard InChI is InChI=1S/C28H29F4N5O3S/c1-19(37-13-3-4-20-18-21(29)7-12-24(20)37)27(38)36-16-14-35(15-17-36)22-8-10-23(11-9-22)41(39,40)34-26-6-2-5-25(33-26)28(30,31)32/h2,5-12,18-19H,3-4,13-17H2,1H3,(H,33,34)/t19-/m1/s1. The minimum absolute atomic E-state index is 0.00228. The molecule has 1 amide bonds. The highest BCUT2D eigenvalue weighted by Gasteiger charge is 2.33. The van der Waals surface area contributed by atoms with Gasteiger partial charge in [-0.25, -0.2) is 17.8 Å². The molecule has 0 saturated carbocycles. The number of piperazine rings is 1. The number of hydrogen-bond donors (Lipinski definition) is 1. The highest BCUT2D eigenvalue weighted by atomic mass is 32.2. The second-order valence-corrected chi connectivity index (χ2v) is 11.7. The van der Waals surface area contributed by atoms with Crippen molar-refractivity contribution < 1.29 is 30.8 Å². The van der Waals surface area contributed by atoms with E-state index in [9.17, 15) is 30.8 Å². The Morgan fingerprint density at radius 2 is 1.68 bits per heavy atom. The molecule has 1 saturated heterocycles. The van der Waals surface area contributed by atoms with Crippen LogP contribution in [-0.4, -0.2) is 63.0 Å². The fraction of sp³-hybridized carbons (Fsp3) is 0.357. The molecule has 3 aromatic rings. The molecule has 0 bridgehead atoms. The van der Waals surface area contributed by atoms with Gasteiger partial charge in [-0.05, 0) is 79.9 Å². The predicted molar refractivity (Wildman–Crippen MR) is 147 cm³/mol. The zero-order valence-electron chi connectivity index (χ0n) is 22.2. The molecule has 2 aliphatic heterocycles. The summed E-state index contributed by atoms with van der Waals surface area (Å²) in [5.74, 6) is -0.716. The average Bonchev–Trinajstić information content (AvgIpc) is 2.95. The number of carbonyl (C=O) groups excluding carboxylic acids is 1. The zero-order valence-corrected chi connectivity index (χ0v) is 23.1. The molecule has 218 valence electrons. The number of aromatic nitrogens is 1. The molecule has 2 aromatic carbocycles. The van der Waals surface area contributed by atoms with E-state index in [0.717, 1.165) is 54.5 Å². The number of fused-ring (bicyclic) bond motifs is 1. The quantitative estimate of drug-likeness (QED) is 0.424. The normalized spacial score (nSPS) is 16.8. The van der Waals surface area contributed by atoms with Crippen LogP contribution in [0.15, 0.2) is 65.6 Å². The fourth-order valence-electron chi connectivity index (χ4n) is 5.26. The van der Waals surface area contributed by atoms with E-state index >= 15 is 0 Å². The Morgan fingerprint density at radius 1 is 0.976 bits per heavy atom. The summed E-state index contributed by atoms with van der Waals surface area (Å²) in [4.78, 5) is 22.5. The smallest absolute Gasteiger partial charge is 0.368 e. The van der Waals surface area contributed by atoms with Gasteiger partial charge in [0.2, 0.25) is 5.91 Å². The number of pyridine rings is 1. The van der Waals surface area contributed by atoms with Crippen molar-refractivity contribution in [2.45, 2.75) is 36.9 Å². The third-order valence-electron chi connectivity index (χ3n) is 7.40. The summed E-state index contributed by atoms with van der Waals surface area (Å²) >= 11 is 0. The number of sulfonamides is 1. The molecule has 41 heavy (non-hydrogen) atoms. The largest absolute Gasteiger partial charge is 0.433 e. The van der Waals surface area contributed by atoms with Crippen LogP contribution in [0.2, 0.25) is 0 Å². The summed E-state index contributed by atoms with van der Waals surface area (Å²) in [6, 6.07) is 13.3. The van der Waals surface area contributed by atoms with Gasteiger partial charge >= 0.3 is 6.18 Å². The van der Waals surface area contributed by atoms with Crippen LogP contribution in [0.1, 0.15) is 24.6 Å². The van der Waals surface area contributed by atoms with Crippen LogP contribution >= 0.6 is 0 Å². The minimum Gasteiger partial charge on any atom is -0.368 e. The highest BCUT2D eigenvalue weighted by Crippen LogP contribution is 2.31. The van der Waals surface area contributed by atoms with Gasteiger partial charge in [-0.3, -0.25) is 9.52 Å². The van der Waals surface area contributed by atoms with Gasteiger partial charge < -0.3 is 14.7 Å². The lowest BCUT2D eigenvalue weighted by Crippen LogP contribution is -2.55. The maximum absolute atomic E-state index is 13.7. The van der Waals surface area contributed by atoms with Gasteiger partial charge in [0.25, 0.3) is 10.0 Å². The third kappa shape index (κ3) is 6.24. The number of amides is 1. The third-order valence-corrected chi connectivity index (χ3v) is 8.77. The van der Waals surface area contributed by atoms with Gasteiger partial charge in [-0.15, -0.1) is 0 Å². The van der Waals surface area contributed by atoms with Gasteiger partial charge in [-0.2, -0.15) is 13.2 Å². The number of anilines is 3. The van der Waals surface area contributed by atoms with E-state index in [-0.39, 0.29) is 16.6 Å². The number of rotatable bonds is 6. The van der Waals surface area contributed by atoms with E-state index in [1.165, 1.54) is 24.3 Å². The summed E-state index contributed by atoms with van der Waals surface area (Å²) in [6.07, 6.45) is -3.07. The molecule has 1 atom stereocenters. The summed E-state index contributed by atoms with van der Waals surface area (Å²) in [5.41, 5.74) is 1.36. The monoisotopic (exact) mass is 591 g/mol. The maximum Gasteiger partial charge on any atom is 0.433 e.